The van der Waals surface area contributed by atoms with Gasteiger partial charge in [0, 0.05) is 55.0 Å². The lowest BCUT2D eigenvalue weighted by atomic mass is 10.0. The molecule has 0 saturated heterocycles. The summed E-state index contributed by atoms with van der Waals surface area (Å²) in [4.78, 5) is 19.3. The van der Waals surface area contributed by atoms with Crippen LogP contribution >= 0.6 is 22.9 Å². The van der Waals surface area contributed by atoms with Crippen LogP contribution in [0.5, 0.6) is 0 Å². The number of thiophene rings is 1. The molecular formula is C25H29ClN4O2S. The zero-order chi connectivity index (χ0) is 22.9. The number of amides is 2. The highest BCUT2D eigenvalue weighted by atomic mass is 35.5. The summed E-state index contributed by atoms with van der Waals surface area (Å²) in [6.07, 6.45) is 3.93. The third-order valence-corrected chi connectivity index (χ3v) is 8.01. The lowest BCUT2D eigenvalue weighted by molar-refractivity contribution is 0.174. The molecule has 0 radical (unpaired) electrons. The van der Waals surface area contributed by atoms with E-state index in [-0.39, 0.29) is 12.1 Å². The van der Waals surface area contributed by atoms with Crippen molar-refractivity contribution in [2.24, 2.45) is 0 Å². The monoisotopic (exact) mass is 484 g/mol. The molecule has 0 aliphatic carbocycles. The number of aromatic nitrogens is 1. The van der Waals surface area contributed by atoms with Gasteiger partial charge in [-0.2, -0.15) is 0 Å². The number of urea groups is 1. The van der Waals surface area contributed by atoms with Gasteiger partial charge in [-0.25, -0.2) is 4.79 Å². The lowest BCUT2D eigenvalue weighted by Crippen LogP contribution is -2.42. The highest BCUT2D eigenvalue weighted by Crippen LogP contribution is 2.43. The first-order valence-electron chi connectivity index (χ1n) is 11.3. The van der Waals surface area contributed by atoms with E-state index in [4.69, 9.17) is 16.3 Å². The third-order valence-electron chi connectivity index (χ3n) is 6.50. The summed E-state index contributed by atoms with van der Waals surface area (Å²) in [5, 5.41) is 5.06. The van der Waals surface area contributed by atoms with E-state index in [1.165, 1.54) is 21.0 Å². The summed E-state index contributed by atoms with van der Waals surface area (Å²) >= 11 is 8.06. The number of methoxy groups -OCH3 is 1. The normalized spacial score (nSPS) is 17.8. The van der Waals surface area contributed by atoms with Crippen molar-refractivity contribution in [2.45, 2.75) is 32.0 Å². The smallest absolute Gasteiger partial charge is 0.318 e. The molecule has 4 heterocycles. The molecule has 1 aromatic carbocycles. The Balaban J connectivity index is 1.59. The van der Waals surface area contributed by atoms with Gasteiger partial charge in [-0.05, 0) is 55.3 Å². The van der Waals surface area contributed by atoms with Crippen LogP contribution in [-0.2, 0) is 24.2 Å². The number of carbonyl (C=O) groups is 1. The van der Waals surface area contributed by atoms with Crippen molar-refractivity contribution in [2.75, 3.05) is 33.9 Å². The van der Waals surface area contributed by atoms with Gasteiger partial charge in [0.1, 0.15) is 5.00 Å². The summed E-state index contributed by atoms with van der Waals surface area (Å²) < 4.78 is 7.44. The summed E-state index contributed by atoms with van der Waals surface area (Å²) in [7, 11) is 3.85. The first-order valence-corrected chi connectivity index (χ1v) is 12.5. The average molecular weight is 485 g/mol. The highest BCUT2D eigenvalue weighted by molar-refractivity contribution is 7.15. The van der Waals surface area contributed by atoms with Gasteiger partial charge in [0.15, 0.2) is 0 Å². The van der Waals surface area contributed by atoms with Gasteiger partial charge in [0.2, 0.25) is 0 Å². The van der Waals surface area contributed by atoms with E-state index in [2.05, 4.69) is 40.2 Å². The maximum atomic E-state index is 13.6. The highest BCUT2D eigenvalue weighted by Gasteiger charge is 2.36. The minimum Gasteiger partial charge on any atom is -0.385 e. The van der Waals surface area contributed by atoms with Crippen molar-refractivity contribution < 1.29 is 9.53 Å². The van der Waals surface area contributed by atoms with E-state index in [1.54, 1.807) is 7.11 Å². The van der Waals surface area contributed by atoms with E-state index in [1.807, 2.05) is 40.5 Å². The Morgan fingerprint density at radius 1 is 1.21 bits per heavy atom. The Morgan fingerprint density at radius 3 is 2.82 bits per heavy atom. The number of nitrogens with zero attached hydrogens (tertiary/aromatic N) is 3. The zero-order valence-electron chi connectivity index (χ0n) is 19.0. The third kappa shape index (κ3) is 4.30. The van der Waals surface area contributed by atoms with Crippen LogP contribution < -0.4 is 5.32 Å². The fourth-order valence-electron chi connectivity index (χ4n) is 4.86. The van der Waals surface area contributed by atoms with Gasteiger partial charge in [-0.3, -0.25) is 0 Å². The summed E-state index contributed by atoms with van der Waals surface area (Å²) in [5.41, 5.74) is 4.84. The SMILES string of the molecule is COCCCNC(=O)N1Cc2c(sc3c2CCN(C)C3)-n2cccc2[C@@H]1c1ccc(Cl)cc1. The molecule has 0 saturated carbocycles. The molecule has 5 rings (SSSR count). The van der Waals surface area contributed by atoms with Crippen molar-refractivity contribution in [1.82, 2.24) is 19.7 Å². The molecule has 0 unspecified atom stereocenters. The second kappa shape index (κ2) is 9.50. The Kier molecular flexibility index (Phi) is 6.47. The molecule has 33 heavy (non-hydrogen) atoms. The Hall–Kier alpha value is -2.32. The molecule has 2 aromatic heterocycles. The van der Waals surface area contributed by atoms with Gasteiger partial charge in [-0.1, -0.05) is 23.7 Å². The Bertz CT molecular complexity index is 1140. The van der Waals surface area contributed by atoms with Gasteiger partial charge in [0.05, 0.1) is 18.3 Å². The molecule has 0 spiro atoms. The van der Waals surface area contributed by atoms with Crippen LogP contribution in [0.4, 0.5) is 4.79 Å². The van der Waals surface area contributed by atoms with Gasteiger partial charge in [-0.15, -0.1) is 11.3 Å². The molecule has 2 aliphatic heterocycles. The van der Waals surface area contributed by atoms with Gasteiger partial charge < -0.3 is 24.4 Å². The maximum Gasteiger partial charge on any atom is 0.318 e. The van der Waals surface area contributed by atoms with Crippen molar-refractivity contribution >= 4 is 29.0 Å². The van der Waals surface area contributed by atoms with E-state index < -0.39 is 0 Å². The van der Waals surface area contributed by atoms with E-state index in [0.29, 0.717) is 24.7 Å². The predicted octanol–water partition coefficient (Wildman–Crippen LogP) is 4.83. The van der Waals surface area contributed by atoms with Gasteiger partial charge in [0.25, 0.3) is 0 Å². The quantitative estimate of drug-likeness (QED) is 0.527. The molecule has 2 aliphatic rings. The van der Waals surface area contributed by atoms with E-state index in [0.717, 1.165) is 37.2 Å². The number of benzene rings is 1. The van der Waals surface area contributed by atoms with Crippen LogP contribution in [0.15, 0.2) is 42.6 Å². The molecule has 174 valence electrons. The van der Waals surface area contributed by atoms with Gasteiger partial charge >= 0.3 is 6.03 Å². The van der Waals surface area contributed by atoms with Crippen molar-refractivity contribution in [3.05, 3.63) is 74.9 Å². The number of hydrogen-bond acceptors (Lipinski definition) is 4. The fourth-order valence-corrected chi connectivity index (χ4v) is 6.43. The largest absolute Gasteiger partial charge is 0.385 e. The number of nitrogens with one attached hydrogen (secondary N) is 1. The summed E-state index contributed by atoms with van der Waals surface area (Å²) in [5.74, 6) is 0. The second-order valence-electron chi connectivity index (χ2n) is 8.74. The van der Waals surface area contributed by atoms with Crippen LogP contribution in [-0.4, -0.2) is 54.3 Å². The molecule has 0 bridgehead atoms. The van der Waals surface area contributed by atoms with E-state index in [9.17, 15) is 4.79 Å². The van der Waals surface area contributed by atoms with Crippen LogP contribution in [0.3, 0.4) is 0 Å². The van der Waals surface area contributed by atoms with Crippen LogP contribution in [0, 0.1) is 0 Å². The number of carbonyl (C=O) groups excluding carboxylic acids is 1. The summed E-state index contributed by atoms with van der Waals surface area (Å²) in [6, 6.07) is 11.8. The van der Waals surface area contributed by atoms with E-state index >= 15 is 0 Å². The Labute approximate surface area is 203 Å². The molecule has 6 nitrogen and oxygen atoms in total. The first kappa shape index (κ1) is 22.5. The van der Waals surface area contributed by atoms with Crippen LogP contribution in [0.1, 0.15) is 39.7 Å². The number of fused-ring (bicyclic) bond motifs is 5. The zero-order valence-corrected chi connectivity index (χ0v) is 20.6. The van der Waals surface area contributed by atoms with Crippen molar-refractivity contribution in [3.63, 3.8) is 0 Å². The average Bonchev–Trinajstić information content (AvgIpc) is 3.39. The number of halogens is 1. The maximum absolute atomic E-state index is 13.6. The number of ether oxygens (including phenoxy) is 1. The predicted molar refractivity (Wildman–Crippen MR) is 132 cm³/mol. The minimum absolute atomic E-state index is 0.0560. The fraction of sp³-hybridized carbons (Fsp3) is 0.400. The molecular weight excluding hydrogens is 456 g/mol. The number of hydrogen-bond donors (Lipinski definition) is 1. The molecule has 1 atom stereocenters. The lowest BCUT2D eigenvalue weighted by Gasteiger charge is -2.32. The molecule has 1 N–H and O–H groups in total. The molecule has 3 aromatic rings. The second-order valence-corrected chi connectivity index (χ2v) is 10.3. The topological polar surface area (TPSA) is 49.7 Å². The van der Waals surface area contributed by atoms with Crippen LogP contribution in [0.25, 0.3) is 5.00 Å². The minimum atomic E-state index is -0.207. The molecule has 2 amide bonds. The summed E-state index contributed by atoms with van der Waals surface area (Å²) in [6.45, 7) is 3.79. The van der Waals surface area contributed by atoms with Crippen molar-refractivity contribution in [1.29, 1.82) is 0 Å². The number of rotatable bonds is 5. The van der Waals surface area contributed by atoms with Crippen LogP contribution in [0.2, 0.25) is 5.02 Å². The first-order chi connectivity index (χ1) is 16.1. The Morgan fingerprint density at radius 2 is 2.03 bits per heavy atom. The standard InChI is InChI=1S/C25H29ClN4O2S/c1-28-13-10-19-20-15-30(25(31)27-11-4-14-32-2)23(17-6-8-18(26)9-7-17)21-5-3-12-29(21)24(20)33-22(19)16-28/h3,5-9,12,23H,4,10-11,13-16H2,1-2H3,(H,27,31)/t23-/m0/s1. The number of likely N-dealkylation sites (N-methyl/N-ethyl adjacent to an activating group) is 1. The molecule has 8 heteroatoms. The van der Waals surface area contributed by atoms with Crippen molar-refractivity contribution in [3.8, 4) is 5.00 Å². The molecule has 0 fully saturated rings.